The monoisotopic (exact) mass is 339 g/mol. The summed E-state index contributed by atoms with van der Waals surface area (Å²) in [4.78, 5) is 12.5. The van der Waals surface area contributed by atoms with E-state index in [1.54, 1.807) is 12.1 Å². The van der Waals surface area contributed by atoms with Crippen LogP contribution in [0.15, 0.2) is 29.2 Å². The molecule has 1 aliphatic rings. The minimum atomic E-state index is -3.54. The van der Waals surface area contributed by atoms with Crippen molar-refractivity contribution >= 4 is 15.9 Å². The second kappa shape index (κ2) is 6.98. The molecule has 1 aromatic carbocycles. The third kappa shape index (κ3) is 4.31. The van der Waals surface area contributed by atoms with Gasteiger partial charge in [0.15, 0.2) is 0 Å². The van der Waals surface area contributed by atoms with Crippen LogP contribution in [0.5, 0.6) is 0 Å². The Balaban J connectivity index is 2.24. The Bertz CT molecular complexity index is 665. The zero-order valence-corrected chi connectivity index (χ0v) is 14.5. The van der Waals surface area contributed by atoms with E-state index in [1.807, 2.05) is 13.8 Å². The number of carbonyl (C=O) groups excluding carboxylic acids is 1. The van der Waals surface area contributed by atoms with Crippen molar-refractivity contribution in [3.63, 3.8) is 0 Å². The highest BCUT2D eigenvalue weighted by atomic mass is 32.2. The standard InChI is InChI=1S/C16H25N3O3S/c1-16(2,12-17)18-15(20)13-7-6-8-14(11-13)23(21,22)19-9-4-3-5-10-19/h6-8,11H,3-5,9-10,12,17H2,1-2H3,(H,18,20). The number of rotatable bonds is 5. The molecule has 0 spiro atoms. The van der Waals surface area contributed by atoms with Crippen LogP contribution in [0.3, 0.4) is 0 Å². The summed E-state index contributed by atoms with van der Waals surface area (Å²) in [5, 5.41) is 2.81. The number of carbonyl (C=O) groups is 1. The predicted molar refractivity (Wildman–Crippen MR) is 89.7 cm³/mol. The molecule has 1 heterocycles. The summed E-state index contributed by atoms with van der Waals surface area (Å²) in [7, 11) is -3.54. The molecule has 0 unspecified atom stereocenters. The lowest BCUT2D eigenvalue weighted by molar-refractivity contribution is 0.0915. The summed E-state index contributed by atoms with van der Waals surface area (Å²) < 4.78 is 26.9. The van der Waals surface area contributed by atoms with Gasteiger partial charge in [-0.05, 0) is 44.9 Å². The van der Waals surface area contributed by atoms with E-state index >= 15 is 0 Å². The summed E-state index contributed by atoms with van der Waals surface area (Å²) in [6.45, 7) is 5.01. The van der Waals surface area contributed by atoms with Crippen LogP contribution in [-0.2, 0) is 10.0 Å². The third-order valence-corrected chi connectivity index (χ3v) is 5.91. The number of amides is 1. The van der Waals surface area contributed by atoms with E-state index in [0.29, 0.717) is 25.2 Å². The maximum Gasteiger partial charge on any atom is 0.251 e. The van der Waals surface area contributed by atoms with Gasteiger partial charge in [0.2, 0.25) is 10.0 Å². The van der Waals surface area contributed by atoms with Crippen molar-refractivity contribution in [2.75, 3.05) is 19.6 Å². The van der Waals surface area contributed by atoms with Gasteiger partial charge in [-0.1, -0.05) is 12.5 Å². The number of nitrogens with two attached hydrogens (primary N) is 1. The summed E-state index contributed by atoms with van der Waals surface area (Å²) in [5.74, 6) is -0.323. The lowest BCUT2D eigenvalue weighted by Crippen LogP contribution is -2.48. The Hall–Kier alpha value is -1.44. The number of nitrogens with zero attached hydrogens (tertiary/aromatic N) is 1. The van der Waals surface area contributed by atoms with E-state index in [0.717, 1.165) is 19.3 Å². The van der Waals surface area contributed by atoms with E-state index in [-0.39, 0.29) is 10.8 Å². The molecule has 0 bridgehead atoms. The summed E-state index contributed by atoms with van der Waals surface area (Å²) in [6, 6.07) is 6.18. The molecule has 3 N–H and O–H groups in total. The van der Waals surface area contributed by atoms with E-state index in [4.69, 9.17) is 5.73 Å². The molecule has 0 atom stereocenters. The number of piperidine rings is 1. The molecule has 1 fully saturated rings. The second-order valence-electron chi connectivity index (χ2n) is 6.53. The molecule has 128 valence electrons. The Morgan fingerprint density at radius 2 is 1.91 bits per heavy atom. The Morgan fingerprint density at radius 3 is 2.52 bits per heavy atom. The van der Waals surface area contributed by atoms with E-state index in [9.17, 15) is 13.2 Å². The van der Waals surface area contributed by atoms with Crippen molar-refractivity contribution in [1.29, 1.82) is 0 Å². The molecule has 2 rings (SSSR count). The van der Waals surface area contributed by atoms with Gasteiger partial charge in [0, 0.05) is 30.7 Å². The molecule has 0 radical (unpaired) electrons. The zero-order chi connectivity index (χ0) is 17.1. The van der Waals surface area contributed by atoms with Crippen molar-refractivity contribution in [1.82, 2.24) is 9.62 Å². The molecule has 23 heavy (non-hydrogen) atoms. The zero-order valence-electron chi connectivity index (χ0n) is 13.7. The van der Waals surface area contributed by atoms with Crippen LogP contribution in [0.2, 0.25) is 0 Å². The first-order valence-electron chi connectivity index (χ1n) is 7.89. The molecular formula is C16H25N3O3S. The fourth-order valence-electron chi connectivity index (χ4n) is 2.48. The second-order valence-corrected chi connectivity index (χ2v) is 8.47. The highest BCUT2D eigenvalue weighted by molar-refractivity contribution is 7.89. The van der Waals surface area contributed by atoms with Gasteiger partial charge in [0.25, 0.3) is 5.91 Å². The summed E-state index contributed by atoms with van der Waals surface area (Å²) in [5.41, 5.74) is 5.39. The van der Waals surface area contributed by atoms with Gasteiger partial charge in [-0.25, -0.2) is 8.42 Å². The average molecular weight is 339 g/mol. The number of hydrogen-bond donors (Lipinski definition) is 2. The third-order valence-electron chi connectivity index (χ3n) is 4.01. The summed E-state index contributed by atoms with van der Waals surface area (Å²) in [6.07, 6.45) is 2.82. The maximum atomic E-state index is 12.7. The summed E-state index contributed by atoms with van der Waals surface area (Å²) >= 11 is 0. The molecular weight excluding hydrogens is 314 g/mol. The lowest BCUT2D eigenvalue weighted by Gasteiger charge is -2.26. The first-order chi connectivity index (χ1) is 10.8. The van der Waals surface area contributed by atoms with Crippen LogP contribution in [0.25, 0.3) is 0 Å². The fraction of sp³-hybridized carbons (Fsp3) is 0.562. The van der Waals surface area contributed by atoms with Gasteiger partial charge in [0.1, 0.15) is 0 Å². The molecule has 0 aromatic heterocycles. The molecule has 0 saturated carbocycles. The highest BCUT2D eigenvalue weighted by Crippen LogP contribution is 2.21. The van der Waals surface area contributed by atoms with Gasteiger partial charge in [-0.2, -0.15) is 4.31 Å². The molecule has 1 aromatic rings. The first-order valence-corrected chi connectivity index (χ1v) is 9.33. The minimum absolute atomic E-state index is 0.164. The number of sulfonamides is 1. The van der Waals surface area contributed by atoms with E-state index < -0.39 is 15.6 Å². The van der Waals surface area contributed by atoms with Gasteiger partial charge in [0.05, 0.1) is 4.90 Å². The minimum Gasteiger partial charge on any atom is -0.346 e. The Morgan fingerprint density at radius 1 is 1.26 bits per heavy atom. The quantitative estimate of drug-likeness (QED) is 0.846. The number of hydrogen-bond acceptors (Lipinski definition) is 4. The topological polar surface area (TPSA) is 92.5 Å². The average Bonchev–Trinajstić information content (AvgIpc) is 2.55. The molecule has 1 aliphatic heterocycles. The Labute approximate surface area is 138 Å². The van der Waals surface area contributed by atoms with Crippen LogP contribution in [-0.4, -0.2) is 43.8 Å². The SMILES string of the molecule is CC(C)(CN)NC(=O)c1cccc(S(=O)(=O)N2CCCCC2)c1. The molecule has 0 aliphatic carbocycles. The highest BCUT2D eigenvalue weighted by Gasteiger charge is 2.27. The van der Waals surface area contributed by atoms with Crippen LogP contribution >= 0.6 is 0 Å². The van der Waals surface area contributed by atoms with E-state index in [2.05, 4.69) is 5.32 Å². The molecule has 7 heteroatoms. The Kier molecular flexibility index (Phi) is 5.44. The van der Waals surface area contributed by atoms with Crippen molar-refractivity contribution < 1.29 is 13.2 Å². The van der Waals surface area contributed by atoms with E-state index in [1.165, 1.54) is 16.4 Å². The van der Waals surface area contributed by atoms with Gasteiger partial charge < -0.3 is 11.1 Å². The predicted octanol–water partition coefficient (Wildman–Crippen LogP) is 1.33. The maximum absolute atomic E-state index is 12.7. The smallest absolute Gasteiger partial charge is 0.251 e. The largest absolute Gasteiger partial charge is 0.346 e. The number of nitrogens with one attached hydrogen (secondary N) is 1. The van der Waals surface area contributed by atoms with Crippen molar-refractivity contribution in [3.05, 3.63) is 29.8 Å². The van der Waals surface area contributed by atoms with Crippen molar-refractivity contribution in [2.45, 2.75) is 43.5 Å². The van der Waals surface area contributed by atoms with Gasteiger partial charge in [-0.3, -0.25) is 4.79 Å². The van der Waals surface area contributed by atoms with Crippen LogP contribution in [0, 0.1) is 0 Å². The van der Waals surface area contributed by atoms with Gasteiger partial charge in [-0.15, -0.1) is 0 Å². The normalized spacial score (nSPS) is 17.0. The lowest BCUT2D eigenvalue weighted by atomic mass is 10.1. The molecule has 6 nitrogen and oxygen atoms in total. The first kappa shape index (κ1) is 17.9. The van der Waals surface area contributed by atoms with Crippen molar-refractivity contribution in [3.8, 4) is 0 Å². The molecule has 1 amide bonds. The molecule has 1 saturated heterocycles. The van der Waals surface area contributed by atoms with Crippen LogP contribution in [0.4, 0.5) is 0 Å². The van der Waals surface area contributed by atoms with Crippen LogP contribution < -0.4 is 11.1 Å². The van der Waals surface area contributed by atoms with Crippen molar-refractivity contribution in [2.24, 2.45) is 5.73 Å². The number of benzene rings is 1. The fourth-order valence-corrected chi connectivity index (χ4v) is 4.05. The van der Waals surface area contributed by atoms with Crippen LogP contribution in [0.1, 0.15) is 43.5 Å². The van der Waals surface area contributed by atoms with Gasteiger partial charge >= 0.3 is 0 Å².